The average Bonchev–Trinajstić information content (AvgIpc) is 2.40. The molecule has 1 saturated heterocycles. The second-order valence-electron chi connectivity index (χ2n) is 4.01. The molecule has 1 aliphatic rings. The zero-order valence-corrected chi connectivity index (χ0v) is 11.5. The van der Waals surface area contributed by atoms with Crippen molar-refractivity contribution in [3.63, 3.8) is 0 Å². The van der Waals surface area contributed by atoms with E-state index in [1.54, 1.807) is 0 Å². The number of hydrogen-bond donors (Lipinski definition) is 2. The Morgan fingerprint density at radius 1 is 1.50 bits per heavy atom. The summed E-state index contributed by atoms with van der Waals surface area (Å²) >= 11 is 3.80. The molecule has 0 spiro atoms. The summed E-state index contributed by atoms with van der Waals surface area (Å²) < 4.78 is 13.0. The van der Waals surface area contributed by atoms with Crippen LogP contribution in [0.4, 0.5) is 10.1 Å². The first-order chi connectivity index (χ1) is 8.66. The molecule has 3 N–H and O–H groups in total. The first kappa shape index (κ1) is 13.5. The lowest BCUT2D eigenvalue weighted by molar-refractivity contribution is 0.0954. The Morgan fingerprint density at radius 3 is 3.00 bits per heavy atom. The fourth-order valence-electron chi connectivity index (χ4n) is 1.65. The number of carbonyl (C=O) groups excluding carboxylic acids is 1. The van der Waals surface area contributed by atoms with Crippen molar-refractivity contribution < 1.29 is 9.18 Å². The highest BCUT2D eigenvalue weighted by molar-refractivity contribution is 8.06. The van der Waals surface area contributed by atoms with Gasteiger partial charge in [-0.15, -0.1) is 0 Å². The van der Waals surface area contributed by atoms with Gasteiger partial charge in [0.05, 0.1) is 5.69 Å². The van der Waals surface area contributed by atoms with E-state index in [1.807, 2.05) is 23.5 Å². The third kappa shape index (κ3) is 3.55. The molecular weight excluding hydrogens is 271 g/mol. The third-order valence-electron chi connectivity index (χ3n) is 2.63. The van der Waals surface area contributed by atoms with Crippen molar-refractivity contribution in [2.24, 2.45) is 0 Å². The van der Waals surface area contributed by atoms with Crippen molar-refractivity contribution in [3.05, 3.63) is 29.6 Å². The van der Waals surface area contributed by atoms with E-state index < -0.39 is 5.82 Å². The van der Waals surface area contributed by atoms with Crippen LogP contribution in [0.25, 0.3) is 0 Å². The minimum atomic E-state index is -0.495. The van der Waals surface area contributed by atoms with Gasteiger partial charge in [0.15, 0.2) is 0 Å². The summed E-state index contributed by atoms with van der Waals surface area (Å²) in [5.74, 6) is 2.69. The van der Waals surface area contributed by atoms with Crippen LogP contribution in [0.5, 0.6) is 0 Å². The molecule has 0 saturated carbocycles. The maximum Gasteiger partial charge on any atom is 0.251 e. The fraction of sp³-hybridized carbons (Fsp3) is 0.417. The van der Waals surface area contributed by atoms with Crippen LogP contribution in [0.3, 0.4) is 0 Å². The summed E-state index contributed by atoms with van der Waals surface area (Å²) in [5.41, 5.74) is 5.84. The lowest BCUT2D eigenvalue weighted by Crippen LogP contribution is -2.33. The molecule has 1 heterocycles. The van der Waals surface area contributed by atoms with Crippen LogP contribution >= 0.6 is 23.5 Å². The number of hydrogen-bond acceptors (Lipinski definition) is 4. The highest BCUT2D eigenvalue weighted by Crippen LogP contribution is 2.23. The molecule has 1 amide bonds. The first-order valence-corrected chi connectivity index (χ1v) is 7.90. The molecular formula is C12H15FN2OS2. The molecule has 1 unspecified atom stereocenters. The molecule has 0 radical (unpaired) electrons. The van der Waals surface area contributed by atoms with E-state index in [-0.39, 0.29) is 11.6 Å². The number of benzene rings is 1. The Hall–Kier alpha value is -0.880. The number of halogens is 1. The molecule has 6 heteroatoms. The van der Waals surface area contributed by atoms with Gasteiger partial charge in [-0.3, -0.25) is 4.79 Å². The lowest BCUT2D eigenvalue weighted by atomic mass is 10.2. The number of rotatable bonds is 3. The molecule has 2 rings (SSSR count). The van der Waals surface area contributed by atoms with E-state index in [4.69, 9.17) is 5.73 Å². The highest BCUT2D eigenvalue weighted by Gasteiger charge is 2.16. The van der Waals surface area contributed by atoms with Crippen LogP contribution in [0.2, 0.25) is 0 Å². The Kier molecular flexibility index (Phi) is 4.77. The van der Waals surface area contributed by atoms with Crippen LogP contribution in [0.1, 0.15) is 10.4 Å². The second kappa shape index (κ2) is 6.33. The molecule has 3 nitrogen and oxygen atoms in total. The summed E-state index contributed by atoms with van der Waals surface area (Å²) in [4.78, 5) is 11.8. The van der Waals surface area contributed by atoms with E-state index in [0.29, 0.717) is 17.4 Å². The maximum atomic E-state index is 13.0. The van der Waals surface area contributed by atoms with Gasteiger partial charge in [0.2, 0.25) is 0 Å². The maximum absolute atomic E-state index is 13.0. The van der Waals surface area contributed by atoms with Gasteiger partial charge >= 0.3 is 0 Å². The number of nitrogens with one attached hydrogen (secondary N) is 1. The summed E-state index contributed by atoms with van der Waals surface area (Å²) in [7, 11) is 0. The van der Waals surface area contributed by atoms with Gasteiger partial charge in [-0.25, -0.2) is 4.39 Å². The first-order valence-electron chi connectivity index (χ1n) is 5.69. The molecule has 0 bridgehead atoms. The van der Waals surface area contributed by atoms with E-state index >= 15 is 0 Å². The second-order valence-corrected chi connectivity index (χ2v) is 6.57. The minimum Gasteiger partial charge on any atom is -0.396 e. The fourth-order valence-corrected chi connectivity index (χ4v) is 4.26. The number of nitrogens with two attached hydrogens (primary N) is 1. The molecule has 1 aromatic rings. The monoisotopic (exact) mass is 286 g/mol. The van der Waals surface area contributed by atoms with Crippen LogP contribution < -0.4 is 11.1 Å². The number of carbonyl (C=O) groups is 1. The minimum absolute atomic E-state index is 0.00486. The van der Waals surface area contributed by atoms with Gasteiger partial charge in [0.1, 0.15) is 5.82 Å². The van der Waals surface area contributed by atoms with Gasteiger partial charge in [-0.05, 0) is 18.2 Å². The molecule has 1 atom stereocenters. The highest BCUT2D eigenvalue weighted by atomic mass is 32.2. The lowest BCUT2D eigenvalue weighted by Gasteiger charge is -2.21. The van der Waals surface area contributed by atoms with Gasteiger partial charge < -0.3 is 11.1 Å². The molecule has 1 fully saturated rings. The van der Waals surface area contributed by atoms with Crippen molar-refractivity contribution in [2.75, 3.05) is 29.5 Å². The number of thioether (sulfide) groups is 2. The zero-order valence-electron chi connectivity index (χ0n) is 9.82. The topological polar surface area (TPSA) is 55.1 Å². The summed E-state index contributed by atoms with van der Waals surface area (Å²) in [6, 6.07) is 4.03. The molecule has 0 aliphatic carbocycles. The van der Waals surface area contributed by atoms with Crippen molar-refractivity contribution in [1.29, 1.82) is 0 Å². The Bertz CT molecular complexity index is 436. The smallest absolute Gasteiger partial charge is 0.251 e. The normalized spacial score (nSPS) is 19.5. The van der Waals surface area contributed by atoms with Gasteiger partial charge in [-0.2, -0.15) is 23.5 Å². The van der Waals surface area contributed by atoms with Crippen LogP contribution in [-0.4, -0.2) is 35.0 Å². The molecule has 18 heavy (non-hydrogen) atoms. The molecule has 1 aromatic carbocycles. The molecule has 0 aromatic heterocycles. The largest absolute Gasteiger partial charge is 0.396 e. The van der Waals surface area contributed by atoms with Crippen molar-refractivity contribution in [2.45, 2.75) is 5.25 Å². The van der Waals surface area contributed by atoms with Crippen LogP contribution in [0, 0.1) is 5.82 Å². The van der Waals surface area contributed by atoms with Gasteiger partial charge in [0.25, 0.3) is 5.91 Å². The number of nitrogen functional groups attached to an aromatic ring is 1. The number of amides is 1. The molecule has 1 aliphatic heterocycles. The van der Waals surface area contributed by atoms with Crippen molar-refractivity contribution in [3.8, 4) is 0 Å². The molecule has 98 valence electrons. The average molecular weight is 286 g/mol. The quantitative estimate of drug-likeness (QED) is 0.834. The van der Waals surface area contributed by atoms with E-state index in [9.17, 15) is 9.18 Å². The Morgan fingerprint density at radius 2 is 2.33 bits per heavy atom. The summed E-state index contributed by atoms with van der Waals surface area (Å²) in [6.45, 7) is 0.647. The van der Waals surface area contributed by atoms with Gasteiger partial charge in [-0.1, -0.05) is 0 Å². The summed E-state index contributed by atoms with van der Waals surface area (Å²) in [5, 5.41) is 3.33. The predicted molar refractivity (Wildman–Crippen MR) is 76.7 cm³/mol. The predicted octanol–water partition coefficient (Wildman–Crippen LogP) is 1.99. The standard InChI is InChI=1S/C12H15FN2OS2/c13-10-2-1-8(5-11(10)14)12(16)15-6-9-7-17-3-4-18-9/h1-2,5,9H,3-4,6-7,14H2,(H,15,16). The Labute approximate surface area is 114 Å². The zero-order chi connectivity index (χ0) is 13.0. The number of anilines is 1. The summed E-state index contributed by atoms with van der Waals surface area (Å²) in [6.07, 6.45) is 0. The van der Waals surface area contributed by atoms with Crippen LogP contribution in [-0.2, 0) is 0 Å². The van der Waals surface area contributed by atoms with Gasteiger partial charge in [0, 0.05) is 34.6 Å². The van der Waals surface area contributed by atoms with Crippen molar-refractivity contribution in [1.82, 2.24) is 5.32 Å². The third-order valence-corrected chi connectivity index (χ3v) is 5.48. The van der Waals surface area contributed by atoms with E-state index in [0.717, 1.165) is 11.5 Å². The van der Waals surface area contributed by atoms with Crippen LogP contribution in [0.15, 0.2) is 18.2 Å². The van der Waals surface area contributed by atoms with E-state index in [1.165, 1.54) is 24.0 Å². The Balaban J connectivity index is 1.88. The SMILES string of the molecule is Nc1cc(C(=O)NCC2CSCCS2)ccc1F. The van der Waals surface area contributed by atoms with Crippen molar-refractivity contribution >= 4 is 35.1 Å². The van der Waals surface area contributed by atoms with E-state index in [2.05, 4.69) is 5.32 Å².